The maximum atomic E-state index is 4.58. The van der Waals surface area contributed by atoms with Gasteiger partial charge in [-0.05, 0) is 64.0 Å². The SMILES string of the molecule is CCn1nc(C)cc1CC(NC)C1CC2CCC1C2. The number of hydrogen-bond acceptors (Lipinski definition) is 2. The Morgan fingerprint density at radius 3 is 2.84 bits per heavy atom. The molecule has 1 aromatic rings. The Balaban J connectivity index is 1.72. The van der Waals surface area contributed by atoms with E-state index < -0.39 is 0 Å². The molecule has 0 aliphatic heterocycles. The molecule has 0 spiro atoms. The third kappa shape index (κ3) is 2.45. The maximum Gasteiger partial charge on any atom is 0.0596 e. The molecule has 19 heavy (non-hydrogen) atoms. The van der Waals surface area contributed by atoms with Gasteiger partial charge in [0.2, 0.25) is 0 Å². The number of hydrogen-bond donors (Lipinski definition) is 1. The van der Waals surface area contributed by atoms with Crippen LogP contribution >= 0.6 is 0 Å². The van der Waals surface area contributed by atoms with Gasteiger partial charge in [0.25, 0.3) is 0 Å². The number of likely N-dealkylation sites (N-methyl/N-ethyl adjacent to an activating group) is 1. The topological polar surface area (TPSA) is 29.9 Å². The molecule has 1 N–H and O–H groups in total. The Bertz CT molecular complexity index is 437. The molecule has 2 aliphatic carbocycles. The second-order valence-corrected chi connectivity index (χ2v) is 6.53. The first-order valence-electron chi connectivity index (χ1n) is 7.91. The lowest BCUT2D eigenvalue weighted by Gasteiger charge is -2.30. The van der Waals surface area contributed by atoms with Crippen LogP contribution in [0.4, 0.5) is 0 Å². The van der Waals surface area contributed by atoms with Crippen LogP contribution in [0.5, 0.6) is 0 Å². The van der Waals surface area contributed by atoms with Gasteiger partial charge in [-0.1, -0.05) is 6.42 Å². The normalized spacial score (nSPS) is 31.0. The van der Waals surface area contributed by atoms with Crippen LogP contribution in [0.1, 0.15) is 44.0 Å². The van der Waals surface area contributed by atoms with E-state index in [1.807, 2.05) is 0 Å². The quantitative estimate of drug-likeness (QED) is 0.883. The number of aromatic nitrogens is 2. The number of nitrogens with one attached hydrogen (secondary N) is 1. The van der Waals surface area contributed by atoms with E-state index in [1.165, 1.54) is 31.4 Å². The molecule has 0 radical (unpaired) electrons. The van der Waals surface area contributed by atoms with Crippen molar-refractivity contribution in [2.45, 2.75) is 58.5 Å². The average molecular weight is 261 g/mol. The van der Waals surface area contributed by atoms with Crippen molar-refractivity contribution in [2.24, 2.45) is 17.8 Å². The van der Waals surface area contributed by atoms with Crippen molar-refractivity contribution < 1.29 is 0 Å². The third-order valence-electron chi connectivity index (χ3n) is 5.39. The minimum Gasteiger partial charge on any atom is -0.316 e. The number of aryl methyl sites for hydroxylation is 2. The molecule has 2 saturated carbocycles. The fourth-order valence-electron chi connectivity index (χ4n) is 4.52. The smallest absolute Gasteiger partial charge is 0.0596 e. The highest BCUT2D eigenvalue weighted by Crippen LogP contribution is 2.49. The molecule has 106 valence electrons. The lowest BCUT2D eigenvalue weighted by Crippen LogP contribution is -2.38. The zero-order valence-corrected chi connectivity index (χ0v) is 12.5. The van der Waals surface area contributed by atoms with Crippen molar-refractivity contribution in [3.63, 3.8) is 0 Å². The van der Waals surface area contributed by atoms with Crippen LogP contribution in [0.3, 0.4) is 0 Å². The Morgan fingerprint density at radius 1 is 1.42 bits per heavy atom. The van der Waals surface area contributed by atoms with Crippen LogP contribution in [0.2, 0.25) is 0 Å². The highest BCUT2D eigenvalue weighted by molar-refractivity contribution is 5.11. The summed E-state index contributed by atoms with van der Waals surface area (Å²) in [5.41, 5.74) is 2.56. The van der Waals surface area contributed by atoms with E-state index in [0.717, 1.165) is 36.4 Å². The molecular formula is C16H27N3. The van der Waals surface area contributed by atoms with E-state index in [-0.39, 0.29) is 0 Å². The molecule has 2 aliphatic rings. The predicted molar refractivity (Wildman–Crippen MR) is 78.1 cm³/mol. The fraction of sp³-hybridized carbons (Fsp3) is 0.812. The first-order valence-corrected chi connectivity index (χ1v) is 7.91. The largest absolute Gasteiger partial charge is 0.316 e. The first kappa shape index (κ1) is 13.2. The van der Waals surface area contributed by atoms with Crippen LogP contribution in [0, 0.1) is 24.7 Å². The van der Waals surface area contributed by atoms with E-state index in [4.69, 9.17) is 0 Å². The van der Waals surface area contributed by atoms with Gasteiger partial charge in [-0.2, -0.15) is 5.10 Å². The molecular weight excluding hydrogens is 234 g/mol. The minimum atomic E-state index is 0.636. The van der Waals surface area contributed by atoms with Crippen LogP contribution in [-0.4, -0.2) is 22.9 Å². The number of rotatable bonds is 5. The maximum absolute atomic E-state index is 4.58. The Morgan fingerprint density at radius 2 is 2.26 bits per heavy atom. The van der Waals surface area contributed by atoms with E-state index in [2.05, 4.69) is 42.1 Å². The lowest BCUT2D eigenvalue weighted by molar-refractivity contribution is 0.253. The van der Waals surface area contributed by atoms with E-state index in [1.54, 1.807) is 0 Å². The van der Waals surface area contributed by atoms with Crippen molar-refractivity contribution in [2.75, 3.05) is 7.05 Å². The van der Waals surface area contributed by atoms with Crippen molar-refractivity contribution in [1.82, 2.24) is 15.1 Å². The second kappa shape index (κ2) is 5.28. The van der Waals surface area contributed by atoms with Gasteiger partial charge in [-0.3, -0.25) is 4.68 Å². The summed E-state index contributed by atoms with van der Waals surface area (Å²) < 4.78 is 2.17. The van der Waals surface area contributed by atoms with E-state index >= 15 is 0 Å². The Labute approximate surface area is 116 Å². The third-order valence-corrected chi connectivity index (χ3v) is 5.39. The summed E-state index contributed by atoms with van der Waals surface area (Å²) in [5.74, 6) is 2.91. The van der Waals surface area contributed by atoms with E-state index in [9.17, 15) is 0 Å². The summed E-state index contributed by atoms with van der Waals surface area (Å²) in [6.07, 6.45) is 7.05. The van der Waals surface area contributed by atoms with Gasteiger partial charge in [0.1, 0.15) is 0 Å². The van der Waals surface area contributed by atoms with E-state index in [0.29, 0.717) is 6.04 Å². The second-order valence-electron chi connectivity index (χ2n) is 6.53. The molecule has 4 atom stereocenters. The summed E-state index contributed by atoms with van der Waals surface area (Å²) in [7, 11) is 2.14. The van der Waals surface area contributed by atoms with Gasteiger partial charge in [-0.15, -0.1) is 0 Å². The van der Waals surface area contributed by atoms with Gasteiger partial charge in [0, 0.05) is 24.7 Å². The standard InChI is InChI=1S/C16H27N3/c1-4-19-14(7-11(2)18-19)10-16(17-3)15-9-12-5-6-13(15)8-12/h7,12-13,15-17H,4-6,8-10H2,1-3H3. The van der Waals surface area contributed by atoms with Crippen molar-refractivity contribution in [1.29, 1.82) is 0 Å². The predicted octanol–water partition coefficient (Wildman–Crippen LogP) is 2.78. The van der Waals surface area contributed by atoms with Gasteiger partial charge in [0.15, 0.2) is 0 Å². The molecule has 3 heteroatoms. The molecule has 1 heterocycles. The van der Waals surface area contributed by atoms with Crippen molar-refractivity contribution >= 4 is 0 Å². The Kier molecular flexibility index (Phi) is 3.66. The number of fused-ring (bicyclic) bond motifs is 2. The first-order chi connectivity index (χ1) is 9.21. The summed E-state index contributed by atoms with van der Waals surface area (Å²) in [4.78, 5) is 0. The molecule has 0 saturated heterocycles. The van der Waals surface area contributed by atoms with Crippen molar-refractivity contribution in [3.8, 4) is 0 Å². The average Bonchev–Trinajstić information content (AvgIpc) is 3.10. The molecule has 0 aromatic carbocycles. The molecule has 2 fully saturated rings. The van der Waals surface area contributed by atoms with Gasteiger partial charge in [-0.25, -0.2) is 0 Å². The molecule has 4 unspecified atom stereocenters. The van der Waals surface area contributed by atoms with Crippen LogP contribution in [0.15, 0.2) is 6.07 Å². The van der Waals surface area contributed by atoms with Crippen LogP contribution in [-0.2, 0) is 13.0 Å². The van der Waals surface area contributed by atoms with Gasteiger partial charge in [0.05, 0.1) is 5.69 Å². The zero-order valence-electron chi connectivity index (χ0n) is 12.5. The van der Waals surface area contributed by atoms with Gasteiger partial charge >= 0.3 is 0 Å². The fourth-order valence-corrected chi connectivity index (χ4v) is 4.52. The zero-order chi connectivity index (χ0) is 13.4. The number of nitrogens with zero attached hydrogens (tertiary/aromatic N) is 2. The summed E-state index contributed by atoms with van der Waals surface area (Å²) >= 11 is 0. The summed E-state index contributed by atoms with van der Waals surface area (Å²) in [6, 6.07) is 2.90. The molecule has 3 rings (SSSR count). The molecule has 1 aromatic heterocycles. The van der Waals surface area contributed by atoms with Gasteiger partial charge < -0.3 is 5.32 Å². The molecule has 0 amide bonds. The monoisotopic (exact) mass is 261 g/mol. The summed E-state index contributed by atoms with van der Waals surface area (Å²) in [6.45, 7) is 5.26. The highest BCUT2D eigenvalue weighted by Gasteiger charge is 2.42. The van der Waals surface area contributed by atoms with Crippen molar-refractivity contribution in [3.05, 3.63) is 17.5 Å². The minimum absolute atomic E-state index is 0.636. The highest BCUT2D eigenvalue weighted by atomic mass is 15.3. The molecule has 3 nitrogen and oxygen atoms in total. The van der Waals surface area contributed by atoms with Crippen LogP contribution in [0.25, 0.3) is 0 Å². The molecule has 2 bridgehead atoms. The Hall–Kier alpha value is -0.830. The summed E-state index contributed by atoms with van der Waals surface area (Å²) in [5, 5.41) is 8.18. The lowest BCUT2D eigenvalue weighted by atomic mass is 9.81. The van der Waals surface area contributed by atoms with Crippen LogP contribution < -0.4 is 5.32 Å².